The standard InChI is InChI=1S/C24H25N5OS/c1-16-22(17(2)28(4)27-16)26-23(30)18(3)31-24-25-15-21(19-11-7-5-8-12-19)29(24)20-13-9-6-10-14-20/h5-15,18H,1-4H3,(H,26,30). The van der Waals surface area contributed by atoms with E-state index in [0.29, 0.717) is 0 Å². The number of amides is 1. The first-order chi connectivity index (χ1) is 15.0. The number of nitrogens with one attached hydrogen (secondary N) is 1. The minimum absolute atomic E-state index is 0.0759. The number of hydrogen-bond acceptors (Lipinski definition) is 4. The molecule has 2 aromatic carbocycles. The van der Waals surface area contributed by atoms with Crippen LogP contribution in [0.15, 0.2) is 72.0 Å². The van der Waals surface area contributed by atoms with Crippen LogP contribution in [0.3, 0.4) is 0 Å². The molecular weight excluding hydrogens is 406 g/mol. The topological polar surface area (TPSA) is 64.7 Å². The van der Waals surface area contributed by atoms with Crippen molar-refractivity contribution >= 4 is 23.4 Å². The van der Waals surface area contributed by atoms with Crippen LogP contribution in [0.25, 0.3) is 16.9 Å². The Labute approximate surface area is 186 Å². The van der Waals surface area contributed by atoms with E-state index in [-0.39, 0.29) is 11.2 Å². The van der Waals surface area contributed by atoms with Gasteiger partial charge in [0.15, 0.2) is 5.16 Å². The molecule has 0 radical (unpaired) electrons. The van der Waals surface area contributed by atoms with Gasteiger partial charge in [0.2, 0.25) is 5.91 Å². The lowest BCUT2D eigenvalue weighted by Gasteiger charge is -2.15. The van der Waals surface area contributed by atoms with Gasteiger partial charge in [-0.1, -0.05) is 60.3 Å². The van der Waals surface area contributed by atoms with Crippen LogP contribution in [0, 0.1) is 13.8 Å². The van der Waals surface area contributed by atoms with Crippen LogP contribution in [-0.2, 0) is 11.8 Å². The molecule has 0 fully saturated rings. The molecule has 0 bridgehead atoms. The summed E-state index contributed by atoms with van der Waals surface area (Å²) in [6.07, 6.45) is 1.87. The summed E-state index contributed by atoms with van der Waals surface area (Å²) in [6, 6.07) is 20.2. The van der Waals surface area contributed by atoms with E-state index < -0.39 is 0 Å². The molecule has 0 aliphatic carbocycles. The predicted octanol–water partition coefficient (Wildman–Crippen LogP) is 5.01. The normalized spacial score (nSPS) is 12.0. The second-order valence-electron chi connectivity index (χ2n) is 7.38. The number of carbonyl (C=O) groups excluding carboxylic acids is 1. The van der Waals surface area contributed by atoms with Crippen molar-refractivity contribution in [2.45, 2.75) is 31.2 Å². The van der Waals surface area contributed by atoms with Crippen molar-refractivity contribution in [3.63, 3.8) is 0 Å². The Morgan fingerprint density at radius 1 is 1.03 bits per heavy atom. The van der Waals surface area contributed by atoms with Crippen LogP contribution in [0.5, 0.6) is 0 Å². The molecule has 1 amide bonds. The molecule has 4 aromatic rings. The second kappa shape index (κ2) is 8.81. The molecule has 0 saturated heterocycles. The number of anilines is 1. The highest BCUT2D eigenvalue weighted by molar-refractivity contribution is 8.00. The van der Waals surface area contributed by atoms with Crippen molar-refractivity contribution in [2.24, 2.45) is 7.05 Å². The number of hydrogen-bond donors (Lipinski definition) is 1. The molecule has 158 valence electrons. The second-order valence-corrected chi connectivity index (χ2v) is 8.69. The zero-order valence-electron chi connectivity index (χ0n) is 18.0. The van der Waals surface area contributed by atoms with Gasteiger partial charge in [-0.3, -0.25) is 14.0 Å². The molecule has 1 atom stereocenters. The fourth-order valence-electron chi connectivity index (χ4n) is 3.45. The number of aromatic nitrogens is 4. The van der Waals surface area contributed by atoms with Crippen LogP contribution in [0.1, 0.15) is 18.3 Å². The average Bonchev–Trinajstić information content (AvgIpc) is 3.30. The first-order valence-electron chi connectivity index (χ1n) is 10.1. The minimum atomic E-state index is -0.340. The van der Waals surface area contributed by atoms with Gasteiger partial charge >= 0.3 is 0 Å². The quantitative estimate of drug-likeness (QED) is 0.436. The number of thioether (sulfide) groups is 1. The highest BCUT2D eigenvalue weighted by Crippen LogP contribution is 2.32. The summed E-state index contributed by atoms with van der Waals surface area (Å²) in [5.74, 6) is -0.0759. The minimum Gasteiger partial charge on any atom is -0.322 e. The average molecular weight is 432 g/mol. The zero-order valence-corrected chi connectivity index (χ0v) is 18.9. The third-order valence-corrected chi connectivity index (χ3v) is 6.29. The van der Waals surface area contributed by atoms with Crippen molar-refractivity contribution in [3.05, 3.63) is 78.2 Å². The number of nitrogens with zero attached hydrogens (tertiary/aromatic N) is 4. The van der Waals surface area contributed by atoms with E-state index in [0.717, 1.165) is 39.2 Å². The van der Waals surface area contributed by atoms with Gasteiger partial charge in [0.1, 0.15) is 0 Å². The summed E-state index contributed by atoms with van der Waals surface area (Å²) >= 11 is 1.44. The van der Waals surface area contributed by atoms with Crippen LogP contribution < -0.4 is 5.32 Å². The van der Waals surface area contributed by atoms with Crippen molar-refractivity contribution < 1.29 is 4.79 Å². The smallest absolute Gasteiger partial charge is 0.237 e. The highest BCUT2D eigenvalue weighted by atomic mass is 32.2. The number of imidazole rings is 1. The van der Waals surface area contributed by atoms with E-state index in [2.05, 4.69) is 32.1 Å². The van der Waals surface area contributed by atoms with Gasteiger partial charge in [0.25, 0.3) is 0 Å². The van der Waals surface area contributed by atoms with Gasteiger partial charge in [-0.15, -0.1) is 0 Å². The summed E-state index contributed by atoms with van der Waals surface area (Å²) in [6.45, 7) is 5.74. The molecule has 1 unspecified atom stereocenters. The Bertz CT molecular complexity index is 1200. The Balaban J connectivity index is 1.64. The van der Waals surface area contributed by atoms with Crippen molar-refractivity contribution in [2.75, 3.05) is 5.32 Å². The summed E-state index contributed by atoms with van der Waals surface area (Å²) in [5.41, 5.74) is 5.58. The van der Waals surface area contributed by atoms with Crippen molar-refractivity contribution in [1.82, 2.24) is 19.3 Å². The van der Waals surface area contributed by atoms with E-state index in [1.165, 1.54) is 11.8 Å². The lowest BCUT2D eigenvalue weighted by Crippen LogP contribution is -2.23. The van der Waals surface area contributed by atoms with E-state index in [9.17, 15) is 4.79 Å². The van der Waals surface area contributed by atoms with Crippen LogP contribution in [-0.4, -0.2) is 30.5 Å². The Kier molecular flexibility index (Phi) is 5.95. The number of rotatable bonds is 6. The molecule has 31 heavy (non-hydrogen) atoms. The maximum absolute atomic E-state index is 12.9. The third-order valence-electron chi connectivity index (χ3n) is 5.22. The molecule has 2 aromatic heterocycles. The maximum Gasteiger partial charge on any atom is 0.237 e. The van der Waals surface area contributed by atoms with Gasteiger partial charge in [-0.25, -0.2) is 4.98 Å². The Morgan fingerprint density at radius 2 is 1.68 bits per heavy atom. The van der Waals surface area contributed by atoms with Gasteiger partial charge in [0.05, 0.1) is 34.2 Å². The van der Waals surface area contributed by atoms with Gasteiger partial charge in [0, 0.05) is 18.3 Å². The number of carbonyl (C=O) groups is 1. The van der Waals surface area contributed by atoms with Gasteiger partial charge in [-0.2, -0.15) is 5.10 Å². The summed E-state index contributed by atoms with van der Waals surface area (Å²) in [5, 5.41) is 7.84. The zero-order chi connectivity index (χ0) is 22.0. The van der Waals surface area contributed by atoms with Crippen molar-refractivity contribution in [1.29, 1.82) is 0 Å². The highest BCUT2D eigenvalue weighted by Gasteiger charge is 2.22. The molecule has 2 heterocycles. The first kappa shape index (κ1) is 20.9. The summed E-state index contributed by atoms with van der Waals surface area (Å²) in [4.78, 5) is 17.6. The monoisotopic (exact) mass is 431 g/mol. The van der Waals surface area contributed by atoms with E-state index in [1.54, 1.807) is 4.68 Å². The molecule has 7 heteroatoms. The number of benzene rings is 2. The molecule has 0 aliphatic rings. The SMILES string of the molecule is Cc1nn(C)c(C)c1NC(=O)C(C)Sc1ncc(-c2ccccc2)n1-c1ccccc1. The molecule has 0 saturated carbocycles. The molecule has 1 N–H and O–H groups in total. The molecule has 4 rings (SSSR count). The van der Waals surface area contributed by atoms with E-state index in [1.807, 2.05) is 82.5 Å². The number of aryl methyl sites for hydroxylation is 2. The van der Waals surface area contributed by atoms with Crippen LogP contribution in [0.4, 0.5) is 5.69 Å². The fourth-order valence-corrected chi connectivity index (χ4v) is 4.35. The lowest BCUT2D eigenvalue weighted by atomic mass is 10.1. The molecule has 0 aliphatic heterocycles. The van der Waals surface area contributed by atoms with Crippen LogP contribution >= 0.6 is 11.8 Å². The Morgan fingerprint density at radius 3 is 2.29 bits per heavy atom. The van der Waals surface area contributed by atoms with E-state index >= 15 is 0 Å². The molecular formula is C24H25N5OS. The summed E-state index contributed by atoms with van der Waals surface area (Å²) < 4.78 is 3.88. The largest absolute Gasteiger partial charge is 0.322 e. The van der Waals surface area contributed by atoms with Gasteiger partial charge < -0.3 is 5.32 Å². The molecule has 0 spiro atoms. The lowest BCUT2D eigenvalue weighted by molar-refractivity contribution is -0.115. The third kappa shape index (κ3) is 4.27. The number of para-hydroxylation sites is 1. The Hall–Kier alpha value is -3.32. The predicted molar refractivity (Wildman–Crippen MR) is 126 cm³/mol. The summed E-state index contributed by atoms with van der Waals surface area (Å²) in [7, 11) is 1.87. The first-order valence-corrected chi connectivity index (χ1v) is 11.0. The fraction of sp³-hybridized carbons (Fsp3) is 0.208. The molecule has 6 nitrogen and oxygen atoms in total. The van der Waals surface area contributed by atoms with Crippen molar-refractivity contribution in [3.8, 4) is 16.9 Å². The van der Waals surface area contributed by atoms with Crippen LogP contribution in [0.2, 0.25) is 0 Å². The van der Waals surface area contributed by atoms with Gasteiger partial charge in [-0.05, 0) is 32.9 Å². The maximum atomic E-state index is 12.9. The van der Waals surface area contributed by atoms with E-state index in [4.69, 9.17) is 0 Å².